The van der Waals surface area contributed by atoms with Gasteiger partial charge < -0.3 is 14.3 Å². The van der Waals surface area contributed by atoms with Crippen LogP contribution in [0.25, 0.3) is 22.1 Å². The molecule has 1 aliphatic rings. The number of rotatable bonds is 2. The maximum absolute atomic E-state index is 12.8. The summed E-state index contributed by atoms with van der Waals surface area (Å²) in [6, 6.07) is 11.7. The van der Waals surface area contributed by atoms with Crippen LogP contribution in [0.4, 0.5) is 0 Å². The third kappa shape index (κ3) is 2.87. The molecule has 1 fully saturated rings. The summed E-state index contributed by atoms with van der Waals surface area (Å²) in [4.78, 5) is 27.1. The topological polar surface area (TPSA) is 75.0 Å². The van der Waals surface area contributed by atoms with Crippen LogP contribution in [0.15, 0.2) is 47.2 Å². The third-order valence-corrected chi connectivity index (χ3v) is 5.40. The number of oxazole rings is 1. The fraction of sp³-hybridized carbons (Fsp3) is 0.286. The highest BCUT2D eigenvalue weighted by molar-refractivity contribution is 5.97. The molecule has 0 spiro atoms. The predicted octanol–water partition coefficient (Wildman–Crippen LogP) is 4.03. The van der Waals surface area contributed by atoms with Crippen LogP contribution in [-0.2, 0) is 0 Å². The van der Waals surface area contributed by atoms with Crippen molar-refractivity contribution in [1.82, 2.24) is 19.9 Å². The van der Waals surface area contributed by atoms with Crippen molar-refractivity contribution in [2.45, 2.75) is 25.7 Å². The van der Waals surface area contributed by atoms with Gasteiger partial charge in [-0.25, -0.2) is 9.97 Å². The molecular formula is C21H20N4O2. The number of hydrogen-bond acceptors (Lipinski definition) is 4. The number of aromatic nitrogens is 3. The summed E-state index contributed by atoms with van der Waals surface area (Å²) in [6.45, 7) is 3.55. The number of aryl methyl sites for hydroxylation is 1. The predicted molar refractivity (Wildman–Crippen MR) is 103 cm³/mol. The highest BCUT2D eigenvalue weighted by Crippen LogP contribution is 2.29. The summed E-state index contributed by atoms with van der Waals surface area (Å²) in [7, 11) is 0. The number of aromatic amines is 1. The van der Waals surface area contributed by atoms with Crippen LogP contribution in [0.5, 0.6) is 0 Å². The summed E-state index contributed by atoms with van der Waals surface area (Å²) in [5.74, 6) is 1.45. The third-order valence-electron chi connectivity index (χ3n) is 5.40. The van der Waals surface area contributed by atoms with E-state index in [1.165, 1.54) is 12.0 Å². The zero-order valence-electron chi connectivity index (χ0n) is 15.1. The SMILES string of the molecule is Cc1ccc2nc(C3CCN(C(=O)c4ccc5ocnc5c4)CC3)[nH]c2c1. The minimum atomic E-state index is 0.0542. The van der Waals surface area contributed by atoms with Crippen molar-refractivity contribution >= 4 is 28.0 Å². The summed E-state index contributed by atoms with van der Waals surface area (Å²) in [5.41, 5.74) is 5.40. The van der Waals surface area contributed by atoms with Crippen LogP contribution in [0.2, 0.25) is 0 Å². The van der Waals surface area contributed by atoms with Crippen LogP contribution in [0, 0.1) is 6.92 Å². The maximum Gasteiger partial charge on any atom is 0.253 e. The van der Waals surface area contributed by atoms with Gasteiger partial charge >= 0.3 is 0 Å². The number of nitrogens with zero attached hydrogens (tertiary/aromatic N) is 3. The van der Waals surface area contributed by atoms with Gasteiger partial charge in [-0.3, -0.25) is 4.79 Å². The molecule has 27 heavy (non-hydrogen) atoms. The molecule has 5 rings (SSSR count). The Morgan fingerprint density at radius 3 is 2.85 bits per heavy atom. The van der Waals surface area contributed by atoms with E-state index in [0.29, 0.717) is 22.6 Å². The first kappa shape index (κ1) is 16.1. The zero-order chi connectivity index (χ0) is 18.4. The number of imidazole rings is 1. The molecule has 6 heteroatoms. The first-order valence-electron chi connectivity index (χ1n) is 9.26. The number of carbonyl (C=O) groups excluding carboxylic acids is 1. The molecule has 4 aromatic rings. The van der Waals surface area contributed by atoms with Crippen LogP contribution in [0.3, 0.4) is 0 Å². The lowest BCUT2D eigenvalue weighted by Gasteiger charge is -2.31. The number of H-pyrrole nitrogens is 1. The normalized spacial score (nSPS) is 15.7. The molecule has 136 valence electrons. The quantitative estimate of drug-likeness (QED) is 0.585. The molecule has 2 aromatic carbocycles. The van der Waals surface area contributed by atoms with E-state index in [4.69, 9.17) is 9.40 Å². The number of amides is 1. The highest BCUT2D eigenvalue weighted by Gasteiger charge is 2.26. The Hall–Kier alpha value is -3.15. The van der Waals surface area contributed by atoms with Crippen molar-refractivity contribution in [2.24, 2.45) is 0 Å². The van der Waals surface area contributed by atoms with Crippen molar-refractivity contribution in [3.05, 3.63) is 59.7 Å². The van der Waals surface area contributed by atoms with Crippen LogP contribution >= 0.6 is 0 Å². The lowest BCUT2D eigenvalue weighted by Crippen LogP contribution is -2.38. The van der Waals surface area contributed by atoms with Gasteiger partial charge in [0, 0.05) is 24.6 Å². The first-order chi connectivity index (χ1) is 13.2. The molecule has 1 N–H and O–H groups in total. The fourth-order valence-corrected chi connectivity index (χ4v) is 3.87. The Bertz CT molecular complexity index is 1140. The number of nitrogens with one attached hydrogen (secondary N) is 1. The molecule has 0 bridgehead atoms. The smallest absolute Gasteiger partial charge is 0.253 e. The van der Waals surface area contributed by atoms with Gasteiger partial charge in [0.2, 0.25) is 0 Å². The van der Waals surface area contributed by atoms with Gasteiger partial charge in [-0.05, 0) is 55.7 Å². The van der Waals surface area contributed by atoms with Crippen molar-refractivity contribution in [1.29, 1.82) is 0 Å². The van der Waals surface area contributed by atoms with Crippen LogP contribution in [0.1, 0.15) is 40.5 Å². The average Bonchev–Trinajstić information content (AvgIpc) is 3.33. The van der Waals surface area contributed by atoms with Crippen molar-refractivity contribution in [3.8, 4) is 0 Å². The van der Waals surface area contributed by atoms with Crippen molar-refractivity contribution < 1.29 is 9.21 Å². The second-order valence-electron chi connectivity index (χ2n) is 7.24. The number of piperidine rings is 1. The Labute approximate surface area is 156 Å². The molecule has 0 radical (unpaired) electrons. The van der Waals surface area contributed by atoms with Crippen LogP contribution < -0.4 is 0 Å². The van der Waals surface area contributed by atoms with Gasteiger partial charge in [0.25, 0.3) is 5.91 Å². The number of likely N-dealkylation sites (tertiary alicyclic amines) is 1. The van der Waals surface area contributed by atoms with E-state index in [1.54, 1.807) is 12.1 Å². The molecule has 0 unspecified atom stereocenters. The Morgan fingerprint density at radius 2 is 2.00 bits per heavy atom. The van der Waals surface area contributed by atoms with Gasteiger partial charge in [-0.15, -0.1) is 0 Å². The number of hydrogen-bond donors (Lipinski definition) is 1. The second-order valence-corrected chi connectivity index (χ2v) is 7.24. The minimum Gasteiger partial charge on any atom is -0.443 e. The lowest BCUT2D eigenvalue weighted by atomic mass is 9.95. The van der Waals surface area contributed by atoms with Crippen molar-refractivity contribution in [2.75, 3.05) is 13.1 Å². The Kier molecular flexibility index (Phi) is 3.70. The largest absolute Gasteiger partial charge is 0.443 e. The monoisotopic (exact) mass is 360 g/mol. The van der Waals surface area contributed by atoms with Crippen LogP contribution in [-0.4, -0.2) is 38.8 Å². The molecule has 0 aliphatic carbocycles. The van der Waals surface area contributed by atoms with E-state index in [9.17, 15) is 4.79 Å². The molecule has 1 aliphatic heterocycles. The van der Waals surface area contributed by atoms with E-state index in [0.717, 1.165) is 42.8 Å². The molecule has 3 heterocycles. The summed E-state index contributed by atoms with van der Waals surface area (Å²) < 4.78 is 5.25. The highest BCUT2D eigenvalue weighted by atomic mass is 16.3. The van der Waals surface area contributed by atoms with Gasteiger partial charge in [0.15, 0.2) is 12.0 Å². The van der Waals surface area contributed by atoms with Gasteiger partial charge in [0.1, 0.15) is 11.3 Å². The lowest BCUT2D eigenvalue weighted by molar-refractivity contribution is 0.0711. The Morgan fingerprint density at radius 1 is 1.15 bits per heavy atom. The molecule has 2 aromatic heterocycles. The molecule has 0 saturated carbocycles. The van der Waals surface area contributed by atoms with Gasteiger partial charge in [0.05, 0.1) is 11.0 Å². The van der Waals surface area contributed by atoms with E-state index in [2.05, 4.69) is 35.1 Å². The molecular weight excluding hydrogens is 340 g/mol. The van der Waals surface area contributed by atoms with Gasteiger partial charge in [-0.1, -0.05) is 6.07 Å². The number of fused-ring (bicyclic) bond motifs is 2. The van der Waals surface area contributed by atoms with E-state index < -0.39 is 0 Å². The van der Waals surface area contributed by atoms with E-state index in [1.807, 2.05) is 11.0 Å². The van der Waals surface area contributed by atoms with E-state index >= 15 is 0 Å². The van der Waals surface area contributed by atoms with Gasteiger partial charge in [-0.2, -0.15) is 0 Å². The molecule has 1 amide bonds. The van der Waals surface area contributed by atoms with E-state index in [-0.39, 0.29) is 5.91 Å². The molecule has 6 nitrogen and oxygen atoms in total. The summed E-state index contributed by atoms with van der Waals surface area (Å²) in [5, 5.41) is 0. The number of benzene rings is 2. The fourth-order valence-electron chi connectivity index (χ4n) is 3.87. The Balaban J connectivity index is 1.30. The van der Waals surface area contributed by atoms with Crippen molar-refractivity contribution in [3.63, 3.8) is 0 Å². The number of carbonyl (C=O) groups is 1. The average molecular weight is 360 g/mol. The molecule has 0 atom stereocenters. The second kappa shape index (κ2) is 6.23. The standard InChI is InChI=1S/C21H20N4O2/c1-13-2-4-16-17(10-13)24-20(23-16)14-6-8-25(9-7-14)21(26)15-3-5-19-18(11-15)22-12-27-19/h2-5,10-12,14H,6-9H2,1H3,(H,23,24). The summed E-state index contributed by atoms with van der Waals surface area (Å²) in [6.07, 6.45) is 3.23. The maximum atomic E-state index is 12.8. The summed E-state index contributed by atoms with van der Waals surface area (Å²) >= 11 is 0. The minimum absolute atomic E-state index is 0.0542. The molecule has 1 saturated heterocycles. The first-order valence-corrected chi connectivity index (χ1v) is 9.26. The zero-order valence-corrected chi connectivity index (χ0v) is 15.1.